The van der Waals surface area contributed by atoms with Gasteiger partial charge in [-0.15, -0.1) is 0 Å². The number of carbonyl (C=O) groups excluding carboxylic acids is 1. The molecule has 19 heavy (non-hydrogen) atoms. The number of benzene rings is 1. The van der Waals surface area contributed by atoms with Gasteiger partial charge in [0.25, 0.3) is 0 Å². The predicted octanol–water partition coefficient (Wildman–Crippen LogP) is 2.28. The molecule has 2 N–H and O–H groups in total. The number of aromatic carboxylic acids is 1. The minimum absolute atomic E-state index is 0.0242. The Labute approximate surface area is 106 Å². The molecule has 0 spiro atoms. The van der Waals surface area contributed by atoms with Crippen LogP contribution in [-0.4, -0.2) is 30.3 Å². The van der Waals surface area contributed by atoms with Crippen LogP contribution in [0.4, 0.5) is 18.9 Å². The highest BCUT2D eigenvalue weighted by atomic mass is 19.4. The fourth-order valence-electron chi connectivity index (χ4n) is 1.33. The summed E-state index contributed by atoms with van der Waals surface area (Å²) in [5, 5.41) is 10.8. The number of rotatable bonds is 4. The number of carboxylic acids is 1. The summed E-state index contributed by atoms with van der Waals surface area (Å²) >= 11 is 0. The fraction of sp³-hybridized carbons (Fsp3) is 0.273. The summed E-state index contributed by atoms with van der Waals surface area (Å²) < 4.78 is 40.7. The molecule has 104 valence electrons. The van der Waals surface area contributed by atoms with E-state index in [2.05, 4.69) is 0 Å². The fourth-order valence-corrected chi connectivity index (χ4v) is 1.33. The molecule has 1 amide bonds. The van der Waals surface area contributed by atoms with Gasteiger partial charge < -0.3 is 15.2 Å². The molecule has 0 saturated heterocycles. The van der Waals surface area contributed by atoms with Gasteiger partial charge in [0.2, 0.25) is 5.91 Å². The third kappa shape index (κ3) is 4.49. The number of anilines is 1. The van der Waals surface area contributed by atoms with Crippen molar-refractivity contribution >= 4 is 17.6 Å². The molecule has 0 fully saturated rings. The molecule has 1 aromatic carbocycles. The van der Waals surface area contributed by atoms with Crippen LogP contribution in [0.5, 0.6) is 5.75 Å². The quantitative estimate of drug-likeness (QED) is 0.885. The molecule has 1 aromatic rings. The van der Waals surface area contributed by atoms with E-state index in [0.29, 0.717) is 0 Å². The number of carboxylic acid groups (broad SMARTS) is 1. The van der Waals surface area contributed by atoms with E-state index in [4.69, 9.17) is 9.84 Å². The lowest BCUT2D eigenvalue weighted by molar-refractivity contribution is -0.150. The second-order valence-electron chi connectivity index (χ2n) is 3.56. The molecule has 0 unspecified atom stereocenters. The van der Waals surface area contributed by atoms with Crippen LogP contribution >= 0.6 is 0 Å². The van der Waals surface area contributed by atoms with Gasteiger partial charge in [-0.2, -0.15) is 13.2 Å². The van der Waals surface area contributed by atoms with Crippen molar-refractivity contribution in [1.82, 2.24) is 0 Å². The van der Waals surface area contributed by atoms with Crippen molar-refractivity contribution in [3.05, 3.63) is 23.8 Å². The predicted molar refractivity (Wildman–Crippen MR) is 59.3 cm³/mol. The molecule has 1 rings (SSSR count). The summed E-state index contributed by atoms with van der Waals surface area (Å²) in [5.74, 6) is -2.54. The monoisotopic (exact) mass is 277 g/mol. The maximum absolute atomic E-state index is 12.0. The van der Waals surface area contributed by atoms with E-state index in [0.717, 1.165) is 12.1 Å². The van der Waals surface area contributed by atoms with E-state index in [-0.39, 0.29) is 17.0 Å². The lowest BCUT2D eigenvalue weighted by atomic mass is 10.2. The largest absolute Gasteiger partial charge is 0.496 e. The number of alkyl halides is 3. The Morgan fingerprint density at radius 2 is 2.00 bits per heavy atom. The van der Waals surface area contributed by atoms with Gasteiger partial charge in [0.15, 0.2) is 0 Å². The number of nitrogens with one attached hydrogen (secondary N) is 1. The van der Waals surface area contributed by atoms with Crippen LogP contribution in [0.2, 0.25) is 0 Å². The summed E-state index contributed by atoms with van der Waals surface area (Å²) in [6, 6.07) is 3.45. The Morgan fingerprint density at radius 1 is 1.37 bits per heavy atom. The normalized spacial score (nSPS) is 10.9. The number of ether oxygens (including phenoxy) is 1. The van der Waals surface area contributed by atoms with E-state index in [9.17, 15) is 22.8 Å². The maximum atomic E-state index is 12.0. The van der Waals surface area contributed by atoms with Crippen LogP contribution in [0.15, 0.2) is 18.2 Å². The Balaban J connectivity index is 2.86. The molecular formula is C11H10F3NO4. The van der Waals surface area contributed by atoms with Gasteiger partial charge in [-0.05, 0) is 12.1 Å². The molecule has 0 aliphatic rings. The number of hydrogen-bond donors (Lipinski definition) is 2. The maximum Gasteiger partial charge on any atom is 0.397 e. The molecular weight excluding hydrogens is 267 g/mol. The van der Waals surface area contributed by atoms with E-state index < -0.39 is 24.5 Å². The van der Waals surface area contributed by atoms with Gasteiger partial charge in [0, 0.05) is 11.8 Å². The molecule has 0 aromatic heterocycles. The van der Waals surface area contributed by atoms with Gasteiger partial charge in [0.05, 0.1) is 7.11 Å². The lowest BCUT2D eigenvalue weighted by Crippen LogP contribution is -2.21. The minimum Gasteiger partial charge on any atom is -0.496 e. The first kappa shape index (κ1) is 14.8. The Hall–Kier alpha value is -2.25. The summed E-state index contributed by atoms with van der Waals surface area (Å²) in [5.41, 5.74) is -0.132. The Kier molecular flexibility index (Phi) is 4.36. The van der Waals surface area contributed by atoms with Crippen molar-refractivity contribution in [2.75, 3.05) is 12.4 Å². The molecule has 8 heteroatoms. The first-order chi connectivity index (χ1) is 8.73. The SMILES string of the molecule is COc1cc(NC(=O)CC(F)(F)F)ccc1C(=O)O. The highest BCUT2D eigenvalue weighted by Crippen LogP contribution is 2.25. The van der Waals surface area contributed by atoms with Gasteiger partial charge in [-0.25, -0.2) is 4.79 Å². The molecule has 5 nitrogen and oxygen atoms in total. The number of methoxy groups -OCH3 is 1. The zero-order valence-electron chi connectivity index (χ0n) is 9.75. The van der Waals surface area contributed by atoms with Gasteiger partial charge in [0.1, 0.15) is 17.7 Å². The average molecular weight is 277 g/mol. The van der Waals surface area contributed by atoms with E-state index in [1.807, 2.05) is 5.32 Å². The zero-order valence-corrected chi connectivity index (χ0v) is 9.75. The van der Waals surface area contributed by atoms with Gasteiger partial charge in [-0.1, -0.05) is 0 Å². The molecule has 0 aliphatic heterocycles. The van der Waals surface area contributed by atoms with Gasteiger partial charge >= 0.3 is 12.1 Å². The Bertz CT molecular complexity index is 499. The lowest BCUT2D eigenvalue weighted by Gasteiger charge is -2.10. The van der Waals surface area contributed by atoms with Crippen LogP contribution in [-0.2, 0) is 4.79 Å². The van der Waals surface area contributed by atoms with E-state index >= 15 is 0 Å². The molecule has 0 atom stereocenters. The second kappa shape index (κ2) is 5.59. The van der Waals surface area contributed by atoms with Crippen LogP contribution in [0.1, 0.15) is 16.8 Å². The first-order valence-electron chi connectivity index (χ1n) is 5.01. The summed E-state index contributed by atoms with van der Waals surface area (Å²) in [6.45, 7) is 0. The van der Waals surface area contributed by atoms with Crippen molar-refractivity contribution in [3.63, 3.8) is 0 Å². The first-order valence-corrected chi connectivity index (χ1v) is 5.01. The Morgan fingerprint density at radius 3 is 2.47 bits per heavy atom. The topological polar surface area (TPSA) is 75.6 Å². The van der Waals surface area contributed by atoms with Crippen molar-refractivity contribution in [2.24, 2.45) is 0 Å². The summed E-state index contributed by atoms with van der Waals surface area (Å²) in [6.07, 6.45) is -6.22. The van der Waals surface area contributed by atoms with Crippen LogP contribution in [0, 0.1) is 0 Å². The molecule has 0 saturated carbocycles. The minimum atomic E-state index is -4.60. The van der Waals surface area contributed by atoms with Crippen molar-refractivity contribution in [3.8, 4) is 5.75 Å². The smallest absolute Gasteiger partial charge is 0.397 e. The summed E-state index contributed by atoms with van der Waals surface area (Å²) in [4.78, 5) is 21.8. The number of hydrogen-bond acceptors (Lipinski definition) is 3. The average Bonchev–Trinajstić information content (AvgIpc) is 2.25. The van der Waals surface area contributed by atoms with Crippen LogP contribution in [0.3, 0.4) is 0 Å². The standard InChI is InChI=1S/C11H10F3NO4/c1-19-8-4-6(2-3-7(8)10(17)18)15-9(16)5-11(12,13)14/h2-4H,5H2,1H3,(H,15,16)(H,17,18). The molecule has 0 bridgehead atoms. The number of halogens is 3. The number of amides is 1. The molecule has 0 aliphatic carbocycles. The van der Waals surface area contributed by atoms with Crippen LogP contribution in [0.25, 0.3) is 0 Å². The van der Waals surface area contributed by atoms with Crippen molar-refractivity contribution in [1.29, 1.82) is 0 Å². The highest BCUT2D eigenvalue weighted by Gasteiger charge is 2.31. The van der Waals surface area contributed by atoms with Crippen molar-refractivity contribution in [2.45, 2.75) is 12.6 Å². The van der Waals surface area contributed by atoms with Gasteiger partial charge in [-0.3, -0.25) is 4.79 Å². The zero-order chi connectivity index (χ0) is 14.6. The van der Waals surface area contributed by atoms with Crippen LogP contribution < -0.4 is 10.1 Å². The molecule has 0 radical (unpaired) electrons. The van der Waals surface area contributed by atoms with E-state index in [1.165, 1.54) is 13.2 Å². The summed E-state index contributed by atoms with van der Waals surface area (Å²) in [7, 11) is 1.21. The third-order valence-electron chi connectivity index (χ3n) is 2.08. The van der Waals surface area contributed by atoms with E-state index in [1.54, 1.807) is 0 Å². The third-order valence-corrected chi connectivity index (χ3v) is 2.08. The molecule has 0 heterocycles. The second-order valence-corrected chi connectivity index (χ2v) is 3.56. The highest BCUT2D eigenvalue weighted by molar-refractivity contribution is 5.94. The van der Waals surface area contributed by atoms with Crippen molar-refractivity contribution < 1.29 is 32.6 Å². The number of carbonyl (C=O) groups is 2.